The monoisotopic (exact) mass is 397 g/mol. The number of thiazole rings is 1. The molecular formula is C20H13ClFN3OS. The highest BCUT2D eigenvalue weighted by molar-refractivity contribution is 7.22. The number of hydrogen-bond acceptors (Lipinski definition) is 4. The third-order valence-corrected chi connectivity index (χ3v) is 5.21. The standard InChI is InChI=1S/C20H13ClFN3OS/c21-14-7-8-17-18(11-14)27-20(24-17)25(12-16-6-1-2-9-23-16)19(26)13-4-3-5-15(22)10-13/h1-11H,12H2. The van der Waals surface area contributed by atoms with Gasteiger partial charge in [0.25, 0.3) is 5.91 Å². The van der Waals surface area contributed by atoms with E-state index in [1.54, 1.807) is 18.3 Å². The van der Waals surface area contributed by atoms with E-state index >= 15 is 0 Å². The first-order valence-electron chi connectivity index (χ1n) is 8.13. The second-order valence-corrected chi connectivity index (χ2v) is 7.28. The van der Waals surface area contributed by atoms with E-state index in [1.807, 2.05) is 30.3 Å². The maximum absolute atomic E-state index is 13.6. The first-order valence-corrected chi connectivity index (χ1v) is 9.33. The molecule has 0 saturated heterocycles. The molecule has 0 bridgehead atoms. The molecule has 0 unspecified atom stereocenters. The largest absolute Gasteiger partial charge is 0.278 e. The van der Waals surface area contributed by atoms with Gasteiger partial charge >= 0.3 is 0 Å². The zero-order valence-electron chi connectivity index (χ0n) is 14.0. The van der Waals surface area contributed by atoms with Crippen LogP contribution in [0.15, 0.2) is 66.9 Å². The van der Waals surface area contributed by atoms with Gasteiger partial charge in [0.05, 0.1) is 22.5 Å². The Bertz CT molecular complexity index is 1120. The Morgan fingerprint density at radius 3 is 2.78 bits per heavy atom. The number of hydrogen-bond donors (Lipinski definition) is 0. The summed E-state index contributed by atoms with van der Waals surface area (Å²) in [7, 11) is 0. The third-order valence-electron chi connectivity index (χ3n) is 3.93. The molecule has 27 heavy (non-hydrogen) atoms. The van der Waals surface area contributed by atoms with Crippen molar-refractivity contribution >= 4 is 44.2 Å². The van der Waals surface area contributed by atoms with Crippen LogP contribution < -0.4 is 4.90 Å². The van der Waals surface area contributed by atoms with Crippen LogP contribution in [-0.4, -0.2) is 15.9 Å². The average Bonchev–Trinajstić information content (AvgIpc) is 3.09. The van der Waals surface area contributed by atoms with Crippen molar-refractivity contribution in [3.8, 4) is 0 Å². The van der Waals surface area contributed by atoms with E-state index in [4.69, 9.17) is 11.6 Å². The summed E-state index contributed by atoms with van der Waals surface area (Å²) >= 11 is 7.41. The predicted octanol–water partition coefficient (Wildman–Crippen LogP) is 5.33. The molecule has 134 valence electrons. The first-order chi connectivity index (χ1) is 13.1. The number of aromatic nitrogens is 2. The predicted molar refractivity (Wildman–Crippen MR) is 106 cm³/mol. The molecule has 0 aliphatic rings. The van der Waals surface area contributed by atoms with Gasteiger partial charge in [0.15, 0.2) is 5.13 Å². The molecule has 0 spiro atoms. The van der Waals surface area contributed by atoms with Crippen LogP contribution in [0.25, 0.3) is 10.2 Å². The van der Waals surface area contributed by atoms with E-state index in [9.17, 15) is 9.18 Å². The SMILES string of the molecule is O=C(c1cccc(F)c1)N(Cc1ccccn1)c1nc2ccc(Cl)cc2s1. The summed E-state index contributed by atoms with van der Waals surface area (Å²) in [4.78, 5) is 23.5. The van der Waals surface area contributed by atoms with Crippen LogP contribution in [0.5, 0.6) is 0 Å². The summed E-state index contributed by atoms with van der Waals surface area (Å²) in [5, 5.41) is 1.11. The van der Waals surface area contributed by atoms with Gasteiger partial charge in [-0.05, 0) is 48.5 Å². The number of pyridine rings is 1. The third kappa shape index (κ3) is 3.82. The number of fused-ring (bicyclic) bond motifs is 1. The fourth-order valence-corrected chi connectivity index (χ4v) is 3.90. The van der Waals surface area contributed by atoms with E-state index in [2.05, 4.69) is 9.97 Å². The van der Waals surface area contributed by atoms with Gasteiger partial charge in [-0.2, -0.15) is 0 Å². The minimum atomic E-state index is -0.463. The Morgan fingerprint density at radius 2 is 2.00 bits per heavy atom. The van der Waals surface area contributed by atoms with Gasteiger partial charge in [-0.15, -0.1) is 0 Å². The molecule has 0 saturated carbocycles. The summed E-state index contributed by atoms with van der Waals surface area (Å²) in [6, 6.07) is 16.5. The van der Waals surface area contributed by atoms with Crippen LogP contribution in [0.2, 0.25) is 5.02 Å². The summed E-state index contributed by atoms with van der Waals surface area (Å²) in [5.41, 5.74) is 1.71. The second-order valence-electron chi connectivity index (χ2n) is 5.83. The van der Waals surface area contributed by atoms with Crippen LogP contribution in [0.3, 0.4) is 0 Å². The van der Waals surface area contributed by atoms with E-state index in [0.29, 0.717) is 15.8 Å². The highest BCUT2D eigenvalue weighted by Gasteiger charge is 2.22. The Labute approximate surface area is 163 Å². The quantitative estimate of drug-likeness (QED) is 0.467. The van der Waals surface area contributed by atoms with Crippen molar-refractivity contribution in [1.82, 2.24) is 9.97 Å². The molecule has 4 aromatic rings. The van der Waals surface area contributed by atoms with Gasteiger partial charge in [0.1, 0.15) is 5.82 Å². The van der Waals surface area contributed by atoms with E-state index in [-0.39, 0.29) is 18.0 Å². The normalized spacial score (nSPS) is 10.9. The van der Waals surface area contributed by atoms with E-state index in [1.165, 1.54) is 34.4 Å². The lowest BCUT2D eigenvalue weighted by atomic mass is 10.2. The minimum Gasteiger partial charge on any atom is -0.278 e. The number of rotatable bonds is 4. The zero-order valence-corrected chi connectivity index (χ0v) is 15.5. The first kappa shape index (κ1) is 17.6. The van der Waals surface area contributed by atoms with E-state index < -0.39 is 5.82 Å². The van der Waals surface area contributed by atoms with Crippen molar-refractivity contribution in [2.45, 2.75) is 6.54 Å². The van der Waals surface area contributed by atoms with Gasteiger partial charge in [0.2, 0.25) is 0 Å². The fourth-order valence-electron chi connectivity index (χ4n) is 2.66. The maximum Gasteiger partial charge on any atom is 0.260 e. The number of anilines is 1. The minimum absolute atomic E-state index is 0.226. The molecule has 2 aromatic heterocycles. The Morgan fingerprint density at radius 1 is 1.11 bits per heavy atom. The summed E-state index contributed by atoms with van der Waals surface area (Å²) in [6.07, 6.45) is 1.66. The molecule has 0 aliphatic carbocycles. The van der Waals surface area contributed by atoms with Crippen LogP contribution >= 0.6 is 22.9 Å². The lowest BCUT2D eigenvalue weighted by Crippen LogP contribution is -2.30. The highest BCUT2D eigenvalue weighted by atomic mass is 35.5. The van der Waals surface area contributed by atoms with Crippen LogP contribution in [-0.2, 0) is 6.54 Å². The van der Waals surface area contributed by atoms with Crippen LogP contribution in [0.4, 0.5) is 9.52 Å². The summed E-state index contributed by atoms with van der Waals surface area (Å²) in [5.74, 6) is -0.806. The molecule has 4 nitrogen and oxygen atoms in total. The number of carbonyl (C=O) groups is 1. The smallest absolute Gasteiger partial charge is 0.260 e. The average molecular weight is 398 g/mol. The van der Waals surface area contributed by atoms with Crippen molar-refractivity contribution in [2.24, 2.45) is 0 Å². The molecule has 0 radical (unpaired) electrons. The molecule has 0 aliphatic heterocycles. The zero-order chi connectivity index (χ0) is 18.8. The Balaban J connectivity index is 1.77. The molecule has 4 rings (SSSR count). The maximum atomic E-state index is 13.6. The topological polar surface area (TPSA) is 46.1 Å². The van der Waals surface area contributed by atoms with Gasteiger partial charge < -0.3 is 0 Å². The Hall–Kier alpha value is -2.83. The number of carbonyl (C=O) groups excluding carboxylic acids is 1. The van der Waals surface area contributed by atoms with Gasteiger partial charge in [-0.3, -0.25) is 14.7 Å². The fraction of sp³-hybridized carbons (Fsp3) is 0.0500. The lowest BCUT2D eigenvalue weighted by Gasteiger charge is -2.19. The van der Waals surface area contributed by atoms with Crippen LogP contribution in [0.1, 0.15) is 16.1 Å². The highest BCUT2D eigenvalue weighted by Crippen LogP contribution is 2.32. The number of halogens is 2. The van der Waals surface area contributed by atoms with Gasteiger partial charge in [-0.1, -0.05) is 35.1 Å². The van der Waals surface area contributed by atoms with E-state index in [0.717, 1.165) is 10.2 Å². The summed E-state index contributed by atoms with van der Waals surface area (Å²) in [6.45, 7) is 0.226. The second kappa shape index (κ2) is 7.42. The number of benzene rings is 2. The molecule has 7 heteroatoms. The number of amides is 1. The molecular weight excluding hydrogens is 385 g/mol. The molecule has 0 atom stereocenters. The summed E-state index contributed by atoms with van der Waals surface area (Å²) < 4.78 is 14.5. The molecule has 1 amide bonds. The molecule has 2 aromatic carbocycles. The van der Waals surface area contributed by atoms with Crippen LogP contribution in [0, 0.1) is 5.82 Å². The van der Waals surface area contributed by atoms with Crippen molar-refractivity contribution in [1.29, 1.82) is 0 Å². The van der Waals surface area contributed by atoms with Crippen molar-refractivity contribution < 1.29 is 9.18 Å². The molecule has 2 heterocycles. The van der Waals surface area contributed by atoms with Gasteiger partial charge in [-0.25, -0.2) is 9.37 Å². The molecule has 0 fully saturated rings. The van der Waals surface area contributed by atoms with Crippen molar-refractivity contribution in [2.75, 3.05) is 4.90 Å². The Kier molecular flexibility index (Phi) is 4.83. The lowest BCUT2D eigenvalue weighted by molar-refractivity contribution is 0.0984. The number of nitrogens with zero attached hydrogens (tertiary/aromatic N) is 3. The van der Waals surface area contributed by atoms with Crippen molar-refractivity contribution in [3.63, 3.8) is 0 Å². The van der Waals surface area contributed by atoms with Crippen molar-refractivity contribution in [3.05, 3.63) is 89.0 Å². The van der Waals surface area contributed by atoms with Gasteiger partial charge in [0, 0.05) is 16.8 Å². The molecule has 0 N–H and O–H groups in total.